The molecule has 0 bridgehead atoms. The molecule has 33 heavy (non-hydrogen) atoms. The zero-order valence-corrected chi connectivity index (χ0v) is 18.6. The second kappa shape index (κ2) is 7.94. The van der Waals surface area contributed by atoms with E-state index in [1.54, 1.807) is 0 Å². The number of aromatic nitrogens is 2. The molecule has 4 heterocycles. The molecule has 1 saturated heterocycles. The van der Waals surface area contributed by atoms with Crippen molar-refractivity contribution in [3.8, 4) is 11.1 Å². The average Bonchev–Trinajstić information content (AvgIpc) is 3.42. The Hall–Kier alpha value is -3.84. The van der Waals surface area contributed by atoms with Gasteiger partial charge in [-0.25, -0.2) is 4.98 Å². The summed E-state index contributed by atoms with van der Waals surface area (Å²) in [5, 5.41) is 7.40. The zero-order chi connectivity index (χ0) is 22.4. The summed E-state index contributed by atoms with van der Waals surface area (Å²) in [4.78, 5) is 24.8. The number of amides is 1. The van der Waals surface area contributed by atoms with Gasteiger partial charge in [0, 0.05) is 66.8 Å². The summed E-state index contributed by atoms with van der Waals surface area (Å²) < 4.78 is 0. The van der Waals surface area contributed by atoms with E-state index in [-0.39, 0.29) is 5.91 Å². The van der Waals surface area contributed by atoms with Crippen molar-refractivity contribution >= 4 is 34.1 Å². The van der Waals surface area contributed by atoms with Crippen LogP contribution in [0.5, 0.6) is 0 Å². The Morgan fingerprint density at radius 3 is 2.73 bits per heavy atom. The molecule has 0 radical (unpaired) electrons. The Labute approximate surface area is 192 Å². The number of carbonyl (C=O) groups is 1. The summed E-state index contributed by atoms with van der Waals surface area (Å²) in [6, 6.07) is 18.6. The fourth-order valence-corrected chi connectivity index (χ4v) is 4.71. The van der Waals surface area contributed by atoms with Gasteiger partial charge in [0.1, 0.15) is 11.5 Å². The van der Waals surface area contributed by atoms with Gasteiger partial charge in [-0.1, -0.05) is 12.1 Å². The molecule has 0 atom stereocenters. The Morgan fingerprint density at radius 1 is 0.970 bits per heavy atom. The Kier molecular flexibility index (Phi) is 4.77. The first-order valence-corrected chi connectivity index (χ1v) is 11.3. The van der Waals surface area contributed by atoms with Crippen molar-refractivity contribution in [2.75, 3.05) is 43.4 Å². The van der Waals surface area contributed by atoms with E-state index in [1.807, 2.05) is 24.4 Å². The molecular formula is C26H26N6O. The van der Waals surface area contributed by atoms with Crippen molar-refractivity contribution in [3.63, 3.8) is 0 Å². The van der Waals surface area contributed by atoms with Crippen molar-refractivity contribution in [3.05, 3.63) is 71.9 Å². The number of carbonyl (C=O) groups excluding carboxylic acids is 1. The lowest BCUT2D eigenvalue weighted by molar-refractivity contribution is 0.0966. The monoisotopic (exact) mass is 438 g/mol. The second-order valence-electron chi connectivity index (χ2n) is 8.82. The van der Waals surface area contributed by atoms with E-state index >= 15 is 0 Å². The molecule has 7 heteroatoms. The third-order valence-corrected chi connectivity index (χ3v) is 6.63. The van der Waals surface area contributed by atoms with Crippen LogP contribution in [0.3, 0.4) is 0 Å². The van der Waals surface area contributed by atoms with E-state index in [9.17, 15) is 4.79 Å². The number of nitrogens with zero attached hydrogens (tertiary/aromatic N) is 3. The van der Waals surface area contributed by atoms with Crippen LogP contribution in [-0.2, 0) is 6.54 Å². The number of rotatable bonds is 4. The molecule has 7 nitrogen and oxygen atoms in total. The molecule has 6 rings (SSSR count). The van der Waals surface area contributed by atoms with Crippen LogP contribution in [0.4, 0.5) is 17.2 Å². The van der Waals surface area contributed by atoms with Gasteiger partial charge in [-0.3, -0.25) is 4.79 Å². The molecule has 166 valence electrons. The van der Waals surface area contributed by atoms with E-state index in [0.29, 0.717) is 6.54 Å². The molecule has 2 aromatic heterocycles. The first-order valence-electron chi connectivity index (χ1n) is 11.3. The van der Waals surface area contributed by atoms with Crippen molar-refractivity contribution in [2.45, 2.75) is 6.54 Å². The van der Waals surface area contributed by atoms with E-state index in [2.05, 4.69) is 68.9 Å². The molecule has 4 aromatic rings. The minimum atomic E-state index is 0.00421. The van der Waals surface area contributed by atoms with Crippen molar-refractivity contribution in [2.24, 2.45) is 0 Å². The van der Waals surface area contributed by atoms with Gasteiger partial charge in [-0.2, -0.15) is 0 Å². The van der Waals surface area contributed by atoms with E-state index < -0.39 is 0 Å². The first kappa shape index (κ1) is 19.8. The number of benzene rings is 2. The number of hydrogen-bond acceptors (Lipinski definition) is 5. The molecule has 0 spiro atoms. The van der Waals surface area contributed by atoms with Gasteiger partial charge in [-0.15, -0.1) is 0 Å². The summed E-state index contributed by atoms with van der Waals surface area (Å²) >= 11 is 0. The summed E-state index contributed by atoms with van der Waals surface area (Å²) in [6.45, 7) is 4.85. The normalized spacial score (nSPS) is 16.2. The highest BCUT2D eigenvalue weighted by Gasteiger charge is 2.20. The summed E-state index contributed by atoms with van der Waals surface area (Å²) in [5.74, 6) is 0.805. The number of likely N-dealkylation sites (N-methyl/N-ethyl adjacent to an activating group) is 1. The highest BCUT2D eigenvalue weighted by atomic mass is 16.1. The number of anilines is 3. The van der Waals surface area contributed by atoms with Crippen LogP contribution in [0.15, 0.2) is 60.8 Å². The number of pyridine rings is 1. The molecule has 1 fully saturated rings. The van der Waals surface area contributed by atoms with Crippen LogP contribution in [0, 0.1) is 0 Å². The van der Waals surface area contributed by atoms with Crippen LogP contribution in [0.25, 0.3) is 22.2 Å². The van der Waals surface area contributed by atoms with Crippen LogP contribution in [0.1, 0.15) is 15.9 Å². The number of piperazine rings is 1. The summed E-state index contributed by atoms with van der Waals surface area (Å²) in [6.07, 6.45) is 1.99. The van der Waals surface area contributed by atoms with Gasteiger partial charge in [0.05, 0.1) is 0 Å². The van der Waals surface area contributed by atoms with Crippen LogP contribution >= 0.6 is 0 Å². The lowest BCUT2D eigenvalue weighted by Gasteiger charge is -2.34. The SMILES string of the molecule is CN1CCN(c2cccc(Nc3ccc4c(-c5ccc6c(c5)CNC6=O)c[nH]c4n3)c2)CC1. The Bertz CT molecular complexity index is 1350. The fourth-order valence-electron chi connectivity index (χ4n) is 4.71. The van der Waals surface area contributed by atoms with Crippen molar-refractivity contribution in [1.29, 1.82) is 0 Å². The van der Waals surface area contributed by atoms with Crippen molar-refractivity contribution in [1.82, 2.24) is 20.2 Å². The largest absolute Gasteiger partial charge is 0.369 e. The third-order valence-electron chi connectivity index (χ3n) is 6.63. The minimum Gasteiger partial charge on any atom is -0.369 e. The molecule has 0 aliphatic carbocycles. The van der Waals surface area contributed by atoms with E-state index in [1.165, 1.54) is 5.69 Å². The summed E-state index contributed by atoms with van der Waals surface area (Å²) in [5.41, 5.74) is 7.07. The number of aromatic amines is 1. The zero-order valence-electron chi connectivity index (χ0n) is 18.6. The van der Waals surface area contributed by atoms with Crippen LogP contribution < -0.4 is 15.5 Å². The maximum atomic E-state index is 11.8. The Morgan fingerprint density at radius 2 is 1.85 bits per heavy atom. The Balaban J connectivity index is 1.24. The predicted octanol–water partition coefficient (Wildman–Crippen LogP) is 3.97. The van der Waals surface area contributed by atoms with Gasteiger partial charge >= 0.3 is 0 Å². The minimum absolute atomic E-state index is 0.00421. The lowest BCUT2D eigenvalue weighted by atomic mass is 10.0. The maximum absolute atomic E-state index is 11.8. The molecular weight excluding hydrogens is 412 g/mol. The van der Waals surface area contributed by atoms with Gasteiger partial charge < -0.3 is 25.4 Å². The molecule has 2 aliphatic heterocycles. The van der Waals surface area contributed by atoms with Gasteiger partial charge in [0.15, 0.2) is 0 Å². The number of nitrogens with one attached hydrogen (secondary N) is 3. The molecule has 0 unspecified atom stereocenters. The topological polar surface area (TPSA) is 76.3 Å². The standard InChI is InChI=1S/C26H26N6O/c1-31-9-11-32(12-10-31)20-4-2-3-19(14-20)29-24-8-7-22-23(16-27-25(22)30-24)17-5-6-21-18(13-17)15-28-26(21)33/h2-8,13-14,16H,9-12,15H2,1H3,(H,28,33)(H2,27,29,30). The number of fused-ring (bicyclic) bond motifs is 2. The highest BCUT2D eigenvalue weighted by molar-refractivity contribution is 6.00. The quantitative estimate of drug-likeness (QED) is 0.450. The van der Waals surface area contributed by atoms with Crippen LogP contribution in [0.2, 0.25) is 0 Å². The molecule has 1 amide bonds. The second-order valence-corrected chi connectivity index (χ2v) is 8.82. The number of hydrogen-bond donors (Lipinski definition) is 3. The average molecular weight is 439 g/mol. The fraction of sp³-hybridized carbons (Fsp3) is 0.231. The predicted molar refractivity (Wildman–Crippen MR) is 132 cm³/mol. The van der Waals surface area contributed by atoms with Gasteiger partial charge in [0.2, 0.25) is 0 Å². The highest BCUT2D eigenvalue weighted by Crippen LogP contribution is 2.32. The maximum Gasteiger partial charge on any atom is 0.251 e. The van der Waals surface area contributed by atoms with Gasteiger partial charge in [-0.05, 0) is 60.6 Å². The third kappa shape index (κ3) is 3.70. The smallest absolute Gasteiger partial charge is 0.251 e. The molecule has 3 N–H and O–H groups in total. The molecule has 0 saturated carbocycles. The van der Waals surface area contributed by atoms with E-state index in [0.717, 1.165) is 71.0 Å². The van der Waals surface area contributed by atoms with Crippen molar-refractivity contribution < 1.29 is 4.79 Å². The number of H-pyrrole nitrogens is 1. The summed E-state index contributed by atoms with van der Waals surface area (Å²) in [7, 11) is 2.17. The van der Waals surface area contributed by atoms with Gasteiger partial charge in [0.25, 0.3) is 5.91 Å². The van der Waals surface area contributed by atoms with Crippen LogP contribution in [-0.4, -0.2) is 54.0 Å². The lowest BCUT2D eigenvalue weighted by Crippen LogP contribution is -2.44. The van der Waals surface area contributed by atoms with E-state index in [4.69, 9.17) is 4.98 Å². The molecule has 2 aromatic carbocycles. The molecule has 2 aliphatic rings. The first-order chi connectivity index (χ1) is 16.1.